The number of nitrogens with zero attached hydrogens (tertiary/aromatic N) is 5. The van der Waals surface area contributed by atoms with Gasteiger partial charge in [0.1, 0.15) is 17.1 Å². The first kappa shape index (κ1) is 29.7. The van der Waals surface area contributed by atoms with Crippen LogP contribution in [0.2, 0.25) is 0 Å². The molecule has 1 aromatic heterocycles. The number of benzene rings is 1. The number of carboxylic acid groups (broad SMARTS) is 2. The molecule has 2 aromatic rings. The lowest BCUT2D eigenvalue weighted by molar-refractivity contribution is -0.150. The van der Waals surface area contributed by atoms with Crippen molar-refractivity contribution in [2.75, 3.05) is 18.1 Å². The number of hydrogen-bond acceptors (Lipinski definition) is 11. The second-order valence-corrected chi connectivity index (χ2v) is 11.1. The van der Waals surface area contributed by atoms with Crippen LogP contribution < -0.4 is 10.6 Å². The maximum atomic E-state index is 12.8. The number of fused-ring (bicyclic) bond motifs is 1. The van der Waals surface area contributed by atoms with Crippen molar-refractivity contribution in [2.24, 2.45) is 7.05 Å². The molecule has 1 aromatic carbocycles. The van der Waals surface area contributed by atoms with E-state index < -0.39 is 35.2 Å². The number of aryl methyl sites for hydroxylation is 1. The summed E-state index contributed by atoms with van der Waals surface area (Å²) in [5.74, 6) is -3.30. The number of rotatable bonds is 13. The molecular weight excluding hydrogens is 578 g/mol. The Hall–Kier alpha value is -4.25. The summed E-state index contributed by atoms with van der Waals surface area (Å²) in [7, 11) is 1.66. The molecule has 3 heterocycles. The van der Waals surface area contributed by atoms with Crippen LogP contribution in [-0.4, -0.2) is 101 Å². The smallest absolute Gasteiger partial charge is 0.352 e. The summed E-state index contributed by atoms with van der Waals surface area (Å²) in [6, 6.07) is 2.77. The third-order valence-electron chi connectivity index (χ3n) is 6.31. The molecule has 1 fully saturated rings. The van der Waals surface area contributed by atoms with E-state index in [0.717, 1.165) is 6.07 Å². The molecule has 0 saturated carbocycles. The SMILES string of the molecule is Cn1nnnc1SCC1=C(C(=O)O)N2C(=O)[C@@H](NC(=O)CCCCNC(=O)c3cc(C(=O)O)ccc3C=O)[C@@H]2SC1. The standard InChI is InChI=1S/C24H25N7O8S2/c1-30-24(27-28-29-30)41-11-14-10-40-21-17(20(35)31(21)18(14)23(38)39)26-16(33)4-2-3-7-25-19(34)15-8-12(22(36)37)5-6-13(15)9-32/h5-6,8-9,17,21H,2-4,7,10-11H2,1H3,(H,25,34)(H,26,33)(H,36,37)(H,38,39)/t17-,21+/m1/s1. The fourth-order valence-corrected chi connectivity index (χ4v) is 6.57. The summed E-state index contributed by atoms with van der Waals surface area (Å²) in [6.45, 7) is 0.175. The molecule has 4 rings (SSSR count). The maximum absolute atomic E-state index is 12.8. The lowest BCUT2D eigenvalue weighted by Crippen LogP contribution is -2.70. The van der Waals surface area contributed by atoms with Crippen LogP contribution in [0.5, 0.6) is 0 Å². The Labute approximate surface area is 241 Å². The number of aliphatic carboxylic acids is 1. The average Bonchev–Trinajstić information content (AvgIpc) is 3.37. The third-order valence-corrected chi connectivity index (χ3v) is 8.75. The van der Waals surface area contributed by atoms with Gasteiger partial charge in [-0.2, -0.15) is 0 Å². The van der Waals surface area contributed by atoms with Crippen molar-refractivity contribution in [3.05, 3.63) is 46.2 Å². The number of nitrogens with one attached hydrogen (secondary N) is 2. The van der Waals surface area contributed by atoms with Gasteiger partial charge in [-0.15, -0.1) is 16.9 Å². The Kier molecular flexibility index (Phi) is 9.38. The van der Waals surface area contributed by atoms with E-state index in [2.05, 4.69) is 26.2 Å². The molecular formula is C24H25N7O8S2. The number of carboxylic acids is 2. The molecule has 4 N–H and O–H groups in total. The molecule has 0 aliphatic carbocycles. The van der Waals surface area contributed by atoms with Crippen LogP contribution in [0.25, 0.3) is 0 Å². The third kappa shape index (κ3) is 6.57. The van der Waals surface area contributed by atoms with Crippen molar-refractivity contribution < 1.29 is 39.0 Å². The predicted octanol–water partition coefficient (Wildman–Crippen LogP) is 0.152. The van der Waals surface area contributed by atoms with E-state index in [1.54, 1.807) is 7.05 Å². The van der Waals surface area contributed by atoms with Gasteiger partial charge in [-0.3, -0.25) is 24.1 Å². The van der Waals surface area contributed by atoms with Crippen LogP contribution in [-0.2, 0) is 21.4 Å². The Morgan fingerprint density at radius 1 is 1.20 bits per heavy atom. The van der Waals surface area contributed by atoms with Crippen LogP contribution in [0, 0.1) is 0 Å². The second-order valence-electron chi connectivity index (χ2n) is 9.02. The fourth-order valence-electron chi connectivity index (χ4n) is 4.23. The van der Waals surface area contributed by atoms with Crippen LogP contribution in [0.3, 0.4) is 0 Å². The molecule has 3 amide bonds. The zero-order chi connectivity index (χ0) is 29.7. The van der Waals surface area contributed by atoms with Crippen LogP contribution in [0.4, 0.5) is 0 Å². The molecule has 0 unspecified atom stereocenters. The number of tetrazole rings is 1. The highest BCUT2D eigenvalue weighted by Gasteiger charge is 2.54. The van der Waals surface area contributed by atoms with Crippen LogP contribution >= 0.6 is 23.5 Å². The minimum Gasteiger partial charge on any atom is -0.478 e. The van der Waals surface area contributed by atoms with E-state index in [-0.39, 0.29) is 47.0 Å². The van der Waals surface area contributed by atoms with E-state index in [9.17, 15) is 33.9 Å². The largest absolute Gasteiger partial charge is 0.478 e. The first-order chi connectivity index (χ1) is 19.6. The van der Waals surface area contributed by atoms with E-state index >= 15 is 0 Å². The quantitative estimate of drug-likeness (QED) is 0.104. The molecule has 2 aliphatic rings. The highest BCUT2D eigenvalue weighted by atomic mass is 32.2. The zero-order valence-electron chi connectivity index (χ0n) is 21.6. The van der Waals surface area contributed by atoms with Gasteiger partial charge in [0, 0.05) is 37.1 Å². The van der Waals surface area contributed by atoms with Gasteiger partial charge in [-0.25, -0.2) is 14.3 Å². The minimum atomic E-state index is -1.23. The van der Waals surface area contributed by atoms with Crippen LogP contribution in [0.1, 0.15) is 50.3 Å². The van der Waals surface area contributed by atoms with Crippen molar-refractivity contribution in [1.82, 2.24) is 35.7 Å². The number of unbranched alkanes of at least 4 members (excludes halogenated alkanes) is 1. The van der Waals surface area contributed by atoms with Gasteiger partial charge in [0.2, 0.25) is 11.1 Å². The molecule has 1 saturated heterocycles. The first-order valence-electron chi connectivity index (χ1n) is 12.3. The molecule has 0 radical (unpaired) electrons. The second kappa shape index (κ2) is 12.9. The Morgan fingerprint density at radius 2 is 1.98 bits per heavy atom. The summed E-state index contributed by atoms with van der Waals surface area (Å²) in [6.07, 6.45) is 1.32. The van der Waals surface area contributed by atoms with Crippen molar-refractivity contribution in [2.45, 2.75) is 35.8 Å². The molecule has 15 nitrogen and oxygen atoms in total. The van der Waals surface area contributed by atoms with Gasteiger partial charge in [-0.05, 0) is 41.0 Å². The van der Waals surface area contributed by atoms with Crippen molar-refractivity contribution in [1.29, 1.82) is 0 Å². The maximum Gasteiger partial charge on any atom is 0.352 e. The molecule has 41 heavy (non-hydrogen) atoms. The molecule has 2 atom stereocenters. The molecule has 0 spiro atoms. The summed E-state index contributed by atoms with van der Waals surface area (Å²) in [5, 5.41) is 35.3. The topological polar surface area (TPSA) is 214 Å². The number of carbonyl (C=O) groups is 6. The summed E-state index contributed by atoms with van der Waals surface area (Å²) >= 11 is 2.62. The van der Waals surface area contributed by atoms with E-state index in [1.165, 1.54) is 45.2 Å². The van der Waals surface area contributed by atoms with Gasteiger partial charge in [-0.1, -0.05) is 17.8 Å². The number of β-lactam (4-membered cyclic amide) rings is 1. The fraction of sp³-hybridized carbons (Fsp3) is 0.375. The molecule has 216 valence electrons. The molecule has 0 bridgehead atoms. The normalized spacial score (nSPS) is 17.9. The number of hydrogen-bond donors (Lipinski definition) is 4. The van der Waals surface area contributed by atoms with Gasteiger partial charge >= 0.3 is 11.9 Å². The van der Waals surface area contributed by atoms with Crippen molar-refractivity contribution in [3.63, 3.8) is 0 Å². The lowest BCUT2D eigenvalue weighted by atomic mass is 10.0. The van der Waals surface area contributed by atoms with Crippen molar-refractivity contribution in [3.8, 4) is 0 Å². The van der Waals surface area contributed by atoms with Gasteiger partial charge in [0.05, 0.1) is 11.1 Å². The lowest BCUT2D eigenvalue weighted by Gasteiger charge is -2.49. The Bertz CT molecular complexity index is 1440. The number of aromatic carboxylic acids is 1. The number of aldehydes is 1. The van der Waals surface area contributed by atoms with E-state index in [0.29, 0.717) is 35.6 Å². The predicted molar refractivity (Wildman–Crippen MR) is 144 cm³/mol. The monoisotopic (exact) mass is 603 g/mol. The number of thioether (sulfide) groups is 2. The highest BCUT2D eigenvalue weighted by molar-refractivity contribution is 8.01. The van der Waals surface area contributed by atoms with Gasteiger partial charge in [0.15, 0.2) is 6.29 Å². The molecule has 17 heteroatoms. The van der Waals surface area contributed by atoms with Crippen LogP contribution in [0.15, 0.2) is 34.6 Å². The van der Waals surface area contributed by atoms with Crippen molar-refractivity contribution >= 4 is 59.5 Å². The summed E-state index contributed by atoms with van der Waals surface area (Å²) in [5.41, 5.74) is 0.341. The minimum absolute atomic E-state index is 0.0566. The van der Waals surface area contributed by atoms with Gasteiger partial charge < -0.3 is 20.8 Å². The van der Waals surface area contributed by atoms with E-state index in [4.69, 9.17) is 5.11 Å². The number of amides is 3. The highest BCUT2D eigenvalue weighted by Crippen LogP contribution is 2.41. The summed E-state index contributed by atoms with van der Waals surface area (Å²) < 4.78 is 1.46. The Morgan fingerprint density at radius 3 is 2.63 bits per heavy atom. The number of aromatic nitrogens is 4. The summed E-state index contributed by atoms with van der Waals surface area (Å²) in [4.78, 5) is 73.3. The Balaban J connectivity index is 1.24. The molecule has 2 aliphatic heterocycles. The van der Waals surface area contributed by atoms with Gasteiger partial charge in [0.25, 0.3) is 11.8 Å². The number of carbonyl (C=O) groups excluding carboxylic acids is 4. The van der Waals surface area contributed by atoms with E-state index in [1.807, 2.05) is 0 Å². The first-order valence-corrected chi connectivity index (χ1v) is 14.3. The zero-order valence-corrected chi connectivity index (χ0v) is 23.2. The average molecular weight is 604 g/mol.